The minimum absolute atomic E-state index is 0.0586. The van der Waals surface area contributed by atoms with Crippen molar-refractivity contribution in [2.45, 2.75) is 60.4 Å². The first-order chi connectivity index (χ1) is 16.5. The molecule has 0 aromatic heterocycles. The number of barbiturate groups is 1. The van der Waals surface area contributed by atoms with Crippen LogP contribution in [0.5, 0.6) is 0 Å². The number of urea groups is 1. The van der Waals surface area contributed by atoms with Crippen LogP contribution < -0.4 is 15.1 Å². The van der Waals surface area contributed by atoms with Crippen molar-refractivity contribution in [2.24, 2.45) is 0 Å². The van der Waals surface area contributed by atoms with E-state index < -0.39 is 17.8 Å². The van der Waals surface area contributed by atoms with Gasteiger partial charge < -0.3 is 4.90 Å². The van der Waals surface area contributed by atoms with Gasteiger partial charge in [0.1, 0.15) is 5.57 Å². The molecule has 6 nitrogen and oxygen atoms in total. The normalized spacial score (nSPS) is 18.5. The van der Waals surface area contributed by atoms with Crippen LogP contribution in [0.1, 0.15) is 61.9 Å². The molecule has 2 aliphatic heterocycles. The number of hydrogen-bond donors (Lipinski definition) is 1. The first-order valence-corrected chi connectivity index (χ1v) is 12.1. The molecule has 0 spiro atoms. The zero-order valence-corrected chi connectivity index (χ0v) is 21.6. The maximum absolute atomic E-state index is 13.5. The van der Waals surface area contributed by atoms with Crippen LogP contribution >= 0.6 is 0 Å². The number of amides is 4. The van der Waals surface area contributed by atoms with Crippen LogP contribution in [0.2, 0.25) is 0 Å². The van der Waals surface area contributed by atoms with Gasteiger partial charge in [0.2, 0.25) is 0 Å². The van der Waals surface area contributed by atoms with E-state index >= 15 is 0 Å². The number of aryl methyl sites for hydroxylation is 2. The molecule has 2 aromatic carbocycles. The van der Waals surface area contributed by atoms with Crippen molar-refractivity contribution >= 4 is 40.9 Å². The van der Waals surface area contributed by atoms with Gasteiger partial charge in [0.05, 0.1) is 11.2 Å². The molecule has 2 aliphatic rings. The minimum atomic E-state index is -0.732. The Morgan fingerprint density at radius 3 is 2.37 bits per heavy atom. The van der Waals surface area contributed by atoms with Gasteiger partial charge in [-0.05, 0) is 100 Å². The van der Waals surface area contributed by atoms with E-state index in [0.717, 1.165) is 56.9 Å². The van der Waals surface area contributed by atoms with Crippen LogP contribution in [0, 0.1) is 20.8 Å². The van der Waals surface area contributed by atoms with Crippen molar-refractivity contribution in [3.63, 3.8) is 0 Å². The number of fused-ring (bicyclic) bond motifs is 1. The van der Waals surface area contributed by atoms with Crippen molar-refractivity contribution < 1.29 is 14.4 Å². The molecule has 6 heteroatoms. The van der Waals surface area contributed by atoms with Gasteiger partial charge in [0.15, 0.2) is 0 Å². The number of hydrogen-bond acceptors (Lipinski definition) is 4. The van der Waals surface area contributed by atoms with Gasteiger partial charge in [-0.25, -0.2) is 9.69 Å². The molecule has 182 valence electrons. The van der Waals surface area contributed by atoms with Crippen LogP contribution in [0.15, 0.2) is 42.0 Å². The number of allylic oxidation sites excluding steroid dienone is 1. The zero-order chi connectivity index (χ0) is 25.7. The average Bonchev–Trinajstić information content (AvgIpc) is 2.77. The lowest BCUT2D eigenvalue weighted by molar-refractivity contribution is -0.122. The number of imide groups is 2. The fourth-order valence-corrected chi connectivity index (χ4v) is 5.04. The predicted molar refractivity (Wildman–Crippen MR) is 141 cm³/mol. The second-order valence-corrected chi connectivity index (χ2v) is 10.0. The first kappa shape index (κ1) is 24.5. The molecule has 0 radical (unpaired) electrons. The second kappa shape index (κ2) is 8.84. The average molecular weight is 472 g/mol. The Bertz CT molecular complexity index is 1320. The largest absolute Gasteiger partial charge is 0.362 e. The molecule has 2 heterocycles. The van der Waals surface area contributed by atoms with Crippen LogP contribution in [0.3, 0.4) is 0 Å². The third-order valence-corrected chi connectivity index (χ3v) is 7.03. The smallest absolute Gasteiger partial charge is 0.335 e. The number of nitrogens with zero attached hydrogens (tertiary/aromatic N) is 2. The first-order valence-electron chi connectivity index (χ1n) is 12.1. The molecule has 1 saturated heterocycles. The summed E-state index contributed by atoms with van der Waals surface area (Å²) in [5.41, 5.74) is 7.21. The summed E-state index contributed by atoms with van der Waals surface area (Å²) in [6, 6.07) is 8.88. The molecule has 2 aromatic rings. The summed E-state index contributed by atoms with van der Waals surface area (Å²) in [6.45, 7) is 15.4. The van der Waals surface area contributed by atoms with Gasteiger partial charge in [-0.2, -0.15) is 0 Å². The summed E-state index contributed by atoms with van der Waals surface area (Å²) in [7, 11) is 0. The molecule has 4 rings (SSSR count). The maximum Gasteiger partial charge on any atom is 0.335 e. The van der Waals surface area contributed by atoms with E-state index in [1.165, 1.54) is 0 Å². The van der Waals surface area contributed by atoms with Crippen molar-refractivity contribution in [1.29, 1.82) is 0 Å². The SMILES string of the molecule is CCCN1c2cc(C)c(/C=C3/C(=O)NC(=O)N(c4cccc(C)c4C)C3=O)cc2C(C)=CC1(C)C. The molecule has 0 bridgehead atoms. The van der Waals surface area contributed by atoms with Crippen molar-refractivity contribution in [1.82, 2.24) is 5.32 Å². The molecule has 0 unspecified atom stereocenters. The topological polar surface area (TPSA) is 69.7 Å². The number of carbonyl (C=O) groups is 3. The highest BCUT2D eigenvalue weighted by Crippen LogP contribution is 2.41. The number of anilines is 2. The quantitative estimate of drug-likeness (QED) is 0.459. The molecule has 0 aliphatic carbocycles. The lowest BCUT2D eigenvalue weighted by Crippen LogP contribution is -2.54. The molecule has 0 atom stereocenters. The number of nitrogens with one attached hydrogen (secondary N) is 1. The summed E-state index contributed by atoms with van der Waals surface area (Å²) in [6.07, 6.45) is 4.89. The monoisotopic (exact) mass is 471 g/mol. The van der Waals surface area contributed by atoms with Gasteiger partial charge in [-0.15, -0.1) is 0 Å². The molecule has 4 amide bonds. The van der Waals surface area contributed by atoms with Gasteiger partial charge in [-0.1, -0.05) is 25.1 Å². The second-order valence-electron chi connectivity index (χ2n) is 10.0. The molecule has 1 N–H and O–H groups in total. The van der Waals surface area contributed by atoms with Crippen molar-refractivity contribution in [2.75, 3.05) is 16.3 Å². The zero-order valence-electron chi connectivity index (χ0n) is 21.6. The van der Waals surface area contributed by atoms with E-state index in [4.69, 9.17) is 0 Å². The minimum Gasteiger partial charge on any atom is -0.362 e. The van der Waals surface area contributed by atoms with Crippen LogP contribution in [0.4, 0.5) is 16.2 Å². The van der Waals surface area contributed by atoms with Crippen LogP contribution in [-0.2, 0) is 9.59 Å². The summed E-state index contributed by atoms with van der Waals surface area (Å²) >= 11 is 0. The van der Waals surface area contributed by atoms with Gasteiger partial charge >= 0.3 is 6.03 Å². The Hall–Kier alpha value is -3.67. The third kappa shape index (κ3) is 4.18. The van der Waals surface area contributed by atoms with E-state index in [-0.39, 0.29) is 11.1 Å². The summed E-state index contributed by atoms with van der Waals surface area (Å²) < 4.78 is 0. The van der Waals surface area contributed by atoms with Crippen LogP contribution in [-0.4, -0.2) is 29.9 Å². The Kier molecular flexibility index (Phi) is 6.18. The Morgan fingerprint density at radius 2 is 1.69 bits per heavy atom. The van der Waals surface area contributed by atoms with E-state index in [1.54, 1.807) is 18.2 Å². The fourth-order valence-electron chi connectivity index (χ4n) is 5.04. The predicted octanol–water partition coefficient (Wildman–Crippen LogP) is 5.69. The Morgan fingerprint density at radius 1 is 0.971 bits per heavy atom. The summed E-state index contributed by atoms with van der Waals surface area (Å²) in [4.78, 5) is 42.4. The number of rotatable bonds is 4. The van der Waals surface area contributed by atoms with E-state index in [2.05, 4.69) is 50.1 Å². The third-order valence-electron chi connectivity index (χ3n) is 7.03. The Labute approximate surface area is 207 Å². The molecule has 0 saturated carbocycles. The molecular weight excluding hydrogens is 438 g/mol. The van der Waals surface area contributed by atoms with E-state index in [9.17, 15) is 14.4 Å². The lowest BCUT2D eigenvalue weighted by Gasteiger charge is -2.43. The summed E-state index contributed by atoms with van der Waals surface area (Å²) in [5.74, 6) is -1.30. The van der Waals surface area contributed by atoms with Gasteiger partial charge in [-0.3, -0.25) is 14.9 Å². The number of benzene rings is 2. The maximum atomic E-state index is 13.5. The highest BCUT2D eigenvalue weighted by molar-refractivity contribution is 6.39. The molecular formula is C29H33N3O3. The fraction of sp³-hybridized carbons (Fsp3) is 0.345. The van der Waals surface area contributed by atoms with Crippen molar-refractivity contribution in [3.05, 3.63) is 69.8 Å². The van der Waals surface area contributed by atoms with E-state index in [0.29, 0.717) is 5.69 Å². The van der Waals surface area contributed by atoms with E-state index in [1.807, 2.05) is 32.9 Å². The molecule has 35 heavy (non-hydrogen) atoms. The van der Waals surface area contributed by atoms with Gasteiger partial charge in [0.25, 0.3) is 11.8 Å². The summed E-state index contributed by atoms with van der Waals surface area (Å²) in [5, 5.41) is 2.34. The standard InChI is InChI=1S/C29H33N3O3/c1-8-12-31-25-13-18(3)21(14-22(25)19(4)16-29(31,6)7)15-23-26(33)30-28(35)32(27(23)34)24-11-9-10-17(2)20(24)5/h9-11,13-16H,8,12H2,1-7H3,(H,30,33,35)/b23-15-. The Balaban J connectivity index is 1.81. The highest BCUT2D eigenvalue weighted by atomic mass is 16.2. The van der Waals surface area contributed by atoms with Gasteiger partial charge in [0, 0.05) is 17.8 Å². The van der Waals surface area contributed by atoms with Crippen LogP contribution in [0.25, 0.3) is 11.6 Å². The van der Waals surface area contributed by atoms with Crippen molar-refractivity contribution in [3.8, 4) is 0 Å². The molecule has 1 fully saturated rings. The lowest BCUT2D eigenvalue weighted by atomic mass is 9.86. The number of carbonyl (C=O) groups excluding carboxylic acids is 3. The highest BCUT2D eigenvalue weighted by Gasteiger charge is 2.38.